The molecule has 3 aromatic carbocycles. The smallest absolute Gasteiger partial charge is 0.252 e. The van der Waals surface area contributed by atoms with Gasteiger partial charge in [0.15, 0.2) is 6.04 Å². The highest BCUT2D eigenvalue weighted by Crippen LogP contribution is 2.29. The Hall–Kier alpha value is -3.30. The van der Waals surface area contributed by atoms with Crippen LogP contribution in [0.3, 0.4) is 0 Å². The van der Waals surface area contributed by atoms with E-state index in [0.29, 0.717) is 49.1 Å². The molecule has 1 heterocycles. The van der Waals surface area contributed by atoms with Crippen molar-refractivity contribution in [2.75, 3.05) is 36.4 Å². The van der Waals surface area contributed by atoms with Crippen LogP contribution in [0.25, 0.3) is 10.8 Å². The minimum Gasteiger partial charge on any atom is -0.369 e. The van der Waals surface area contributed by atoms with Gasteiger partial charge in [0.05, 0.1) is 4.90 Å². The zero-order valence-corrected chi connectivity index (χ0v) is 22.3. The van der Waals surface area contributed by atoms with Crippen LogP contribution in [-0.2, 0) is 14.8 Å². The van der Waals surface area contributed by atoms with Gasteiger partial charge in [0.1, 0.15) is 0 Å². The number of piperazine rings is 1. The number of nitrogens with zero attached hydrogens (tertiary/aromatic N) is 3. The molecule has 1 saturated heterocycles. The summed E-state index contributed by atoms with van der Waals surface area (Å²) in [5, 5.41) is 7.86. The number of anilines is 2. The quantitative estimate of drug-likeness (QED) is 0.391. The van der Waals surface area contributed by atoms with Crippen molar-refractivity contribution in [3.63, 3.8) is 0 Å². The van der Waals surface area contributed by atoms with Crippen LogP contribution < -0.4 is 10.2 Å². The molecule has 0 aromatic heterocycles. The van der Waals surface area contributed by atoms with E-state index >= 15 is 0 Å². The van der Waals surface area contributed by atoms with E-state index in [9.17, 15) is 18.1 Å². The molecule has 38 heavy (non-hydrogen) atoms. The van der Waals surface area contributed by atoms with Crippen LogP contribution in [-0.4, -0.2) is 50.9 Å². The van der Waals surface area contributed by atoms with E-state index in [1.807, 2.05) is 54.6 Å². The van der Waals surface area contributed by atoms with Gasteiger partial charge in [-0.2, -0.15) is 4.31 Å². The lowest BCUT2D eigenvalue weighted by molar-refractivity contribution is -0.117. The fraction of sp³-hybridized carbons (Fsp3) is 0.414. The third kappa shape index (κ3) is 5.89. The third-order valence-corrected chi connectivity index (χ3v) is 9.70. The summed E-state index contributed by atoms with van der Waals surface area (Å²) in [4.78, 5) is 26.4. The zero-order valence-electron chi connectivity index (χ0n) is 21.5. The fourth-order valence-electron chi connectivity index (χ4n) is 5.58. The van der Waals surface area contributed by atoms with Gasteiger partial charge in [-0.05, 0) is 59.5 Å². The number of carbonyl (C=O) groups excluding carboxylic acids is 1. The van der Waals surface area contributed by atoms with E-state index in [0.717, 1.165) is 42.1 Å². The van der Waals surface area contributed by atoms with Gasteiger partial charge in [-0.25, -0.2) is 8.42 Å². The van der Waals surface area contributed by atoms with Crippen molar-refractivity contribution in [3.05, 3.63) is 71.6 Å². The molecule has 3 aromatic rings. The Morgan fingerprint density at radius 2 is 1.58 bits per heavy atom. The summed E-state index contributed by atoms with van der Waals surface area (Å²) in [7, 11) is -3.58. The second-order valence-corrected chi connectivity index (χ2v) is 12.2. The number of rotatable bonds is 8. The molecule has 1 amide bonds. The van der Waals surface area contributed by atoms with E-state index in [1.165, 1.54) is 6.42 Å². The average Bonchev–Trinajstić information content (AvgIpc) is 2.96. The summed E-state index contributed by atoms with van der Waals surface area (Å²) in [6.07, 6.45) is 6.17. The maximum atomic E-state index is 13.3. The Morgan fingerprint density at radius 3 is 2.26 bits per heavy atom. The van der Waals surface area contributed by atoms with Gasteiger partial charge in [-0.15, -0.1) is 4.91 Å². The Bertz CT molecular complexity index is 1380. The second kappa shape index (κ2) is 11.6. The number of carbonyl (C=O) groups is 1. The summed E-state index contributed by atoms with van der Waals surface area (Å²) in [6, 6.07) is 19.6. The molecule has 0 spiro atoms. The molecule has 8 nitrogen and oxygen atoms in total. The van der Waals surface area contributed by atoms with Crippen molar-refractivity contribution in [2.24, 2.45) is 11.1 Å². The first-order chi connectivity index (χ1) is 18.4. The molecule has 1 aliphatic heterocycles. The van der Waals surface area contributed by atoms with Gasteiger partial charge in [0, 0.05) is 37.6 Å². The van der Waals surface area contributed by atoms with Gasteiger partial charge in [0.25, 0.3) is 5.91 Å². The first-order valence-electron chi connectivity index (χ1n) is 13.4. The molecule has 1 N–H and O–H groups in total. The molecule has 2 aliphatic rings. The van der Waals surface area contributed by atoms with Crippen LogP contribution in [0.5, 0.6) is 0 Å². The van der Waals surface area contributed by atoms with E-state index in [4.69, 9.17) is 0 Å². The minimum atomic E-state index is -3.58. The van der Waals surface area contributed by atoms with Gasteiger partial charge >= 0.3 is 0 Å². The van der Waals surface area contributed by atoms with E-state index in [2.05, 4.69) is 15.4 Å². The minimum absolute atomic E-state index is 0.316. The van der Waals surface area contributed by atoms with Crippen molar-refractivity contribution in [3.8, 4) is 0 Å². The standard InChI is InChI=1S/C29H34N4O4S/c34-29(28(31-35)20-22-6-2-1-3-7-22)30-25-11-13-26(14-12-25)32-16-18-33(19-17-32)38(36,37)27-15-10-23-8-4-5-9-24(23)21-27/h4-5,8-15,21-22,28H,1-3,6-7,16-20H2,(H,30,34). The normalized spacial score (nSPS) is 18.3. The predicted octanol–water partition coefficient (Wildman–Crippen LogP) is 5.39. The molecule has 5 rings (SSSR count). The average molecular weight is 535 g/mol. The molecular formula is C29H34N4O4S. The topological polar surface area (TPSA) is 99.2 Å². The summed E-state index contributed by atoms with van der Waals surface area (Å²) in [5.74, 6) is 0.0362. The molecule has 2 fully saturated rings. The number of nitrogens with one attached hydrogen (secondary N) is 1. The molecule has 0 bridgehead atoms. The van der Waals surface area contributed by atoms with Crippen molar-refractivity contribution >= 4 is 38.1 Å². The lowest BCUT2D eigenvalue weighted by Gasteiger charge is -2.35. The molecule has 1 saturated carbocycles. The first-order valence-corrected chi connectivity index (χ1v) is 14.9. The van der Waals surface area contributed by atoms with Gasteiger partial charge < -0.3 is 10.2 Å². The molecular weight excluding hydrogens is 500 g/mol. The Balaban J connectivity index is 1.16. The number of hydrogen-bond acceptors (Lipinski definition) is 6. The van der Waals surface area contributed by atoms with Gasteiger partial charge in [0.2, 0.25) is 10.0 Å². The number of benzene rings is 3. The monoisotopic (exact) mass is 534 g/mol. The van der Waals surface area contributed by atoms with Gasteiger partial charge in [-0.1, -0.05) is 67.6 Å². The highest BCUT2D eigenvalue weighted by molar-refractivity contribution is 7.89. The molecule has 1 unspecified atom stereocenters. The molecule has 1 atom stereocenters. The lowest BCUT2D eigenvalue weighted by atomic mass is 9.85. The highest BCUT2D eigenvalue weighted by atomic mass is 32.2. The Morgan fingerprint density at radius 1 is 0.895 bits per heavy atom. The van der Waals surface area contributed by atoms with Crippen molar-refractivity contribution in [1.82, 2.24) is 4.31 Å². The summed E-state index contributed by atoms with van der Waals surface area (Å²) < 4.78 is 28.1. The maximum Gasteiger partial charge on any atom is 0.252 e. The van der Waals surface area contributed by atoms with Crippen LogP contribution in [0.1, 0.15) is 38.5 Å². The third-order valence-electron chi connectivity index (χ3n) is 7.81. The van der Waals surface area contributed by atoms with Crippen molar-refractivity contribution in [1.29, 1.82) is 0 Å². The van der Waals surface area contributed by atoms with Gasteiger partial charge in [-0.3, -0.25) is 4.79 Å². The Kier molecular flexibility index (Phi) is 8.04. The predicted molar refractivity (Wildman–Crippen MR) is 151 cm³/mol. The van der Waals surface area contributed by atoms with Crippen LogP contribution >= 0.6 is 0 Å². The molecule has 9 heteroatoms. The zero-order chi connectivity index (χ0) is 26.5. The first kappa shape index (κ1) is 26.3. The van der Waals surface area contributed by atoms with Crippen LogP contribution in [0.15, 0.2) is 76.8 Å². The highest BCUT2D eigenvalue weighted by Gasteiger charge is 2.29. The molecule has 200 valence electrons. The SMILES string of the molecule is O=NC(CC1CCCCC1)C(=O)Nc1ccc(N2CCN(S(=O)(=O)c3ccc4ccccc4c3)CC2)cc1. The lowest BCUT2D eigenvalue weighted by Crippen LogP contribution is -2.48. The van der Waals surface area contributed by atoms with Crippen LogP contribution in [0.4, 0.5) is 11.4 Å². The summed E-state index contributed by atoms with van der Waals surface area (Å²) in [6.45, 7) is 1.91. The number of nitroso groups, excluding NO2 is 1. The van der Waals surface area contributed by atoms with Crippen molar-refractivity contribution < 1.29 is 13.2 Å². The Labute approximate surface area is 224 Å². The van der Waals surface area contributed by atoms with Crippen LogP contribution in [0.2, 0.25) is 0 Å². The molecule has 0 radical (unpaired) electrons. The van der Waals surface area contributed by atoms with E-state index in [1.54, 1.807) is 16.4 Å². The number of sulfonamides is 1. The fourth-order valence-corrected chi connectivity index (χ4v) is 7.04. The largest absolute Gasteiger partial charge is 0.369 e. The number of fused-ring (bicyclic) bond motifs is 1. The second-order valence-electron chi connectivity index (χ2n) is 10.3. The molecule has 1 aliphatic carbocycles. The van der Waals surface area contributed by atoms with Crippen LogP contribution in [0, 0.1) is 10.8 Å². The number of amides is 1. The summed E-state index contributed by atoms with van der Waals surface area (Å²) in [5.41, 5.74) is 1.58. The van der Waals surface area contributed by atoms with E-state index in [-0.39, 0.29) is 5.91 Å². The maximum absolute atomic E-state index is 13.3. The summed E-state index contributed by atoms with van der Waals surface area (Å²) >= 11 is 0. The van der Waals surface area contributed by atoms with E-state index < -0.39 is 16.1 Å². The number of hydrogen-bond donors (Lipinski definition) is 1. The van der Waals surface area contributed by atoms with Crippen molar-refractivity contribution in [2.45, 2.75) is 49.5 Å².